The van der Waals surface area contributed by atoms with Gasteiger partial charge in [0.05, 0.1) is 17.4 Å². The van der Waals surface area contributed by atoms with Crippen molar-refractivity contribution >= 4 is 36.4 Å². The minimum atomic E-state index is -0.422. The Labute approximate surface area is 234 Å². The highest BCUT2D eigenvalue weighted by Crippen LogP contribution is 2.38. The number of hydrogen-bond acceptors (Lipinski definition) is 5. The molecule has 2 aliphatic rings. The molecule has 0 aliphatic carbocycles. The highest BCUT2D eigenvalue weighted by Gasteiger charge is 2.52. The molecule has 0 bridgehead atoms. The smallest absolute Gasteiger partial charge is 0.399 e. The van der Waals surface area contributed by atoms with Gasteiger partial charge in [-0.2, -0.15) is 0 Å². The van der Waals surface area contributed by atoms with Gasteiger partial charge < -0.3 is 9.31 Å². The van der Waals surface area contributed by atoms with Gasteiger partial charge in [-0.25, -0.2) is 4.98 Å². The van der Waals surface area contributed by atoms with Gasteiger partial charge in [0.2, 0.25) is 0 Å². The topological polar surface area (TPSA) is 34.6 Å². The van der Waals surface area contributed by atoms with E-state index in [1.807, 2.05) is 98.1 Å². The first-order valence-corrected chi connectivity index (χ1v) is 14.9. The van der Waals surface area contributed by atoms with Crippen LogP contribution in [-0.4, -0.2) is 23.3 Å². The Kier molecular flexibility index (Phi) is 19.2. The monoisotopic (exact) mass is 528 g/mol. The quantitative estimate of drug-likeness (QED) is 0.225. The predicted molar refractivity (Wildman–Crippen MR) is 169 cm³/mol. The van der Waals surface area contributed by atoms with Crippen LogP contribution in [0.15, 0.2) is 53.4 Å². The lowest BCUT2D eigenvalue weighted by Gasteiger charge is -2.32. The number of benzene rings is 1. The third-order valence-electron chi connectivity index (χ3n) is 5.36. The molecule has 0 atom stereocenters. The van der Waals surface area contributed by atoms with E-state index in [1.54, 1.807) is 11.9 Å². The molecule has 6 heteroatoms. The molecule has 1 fully saturated rings. The molecular formula is C31H53BN2O2S. The van der Waals surface area contributed by atoms with Crippen LogP contribution >= 0.6 is 11.9 Å². The first kappa shape index (κ1) is 37.2. The zero-order valence-corrected chi connectivity index (χ0v) is 27.1. The largest absolute Gasteiger partial charge is 0.495 e. The first-order valence-electron chi connectivity index (χ1n) is 14.1. The fourth-order valence-electron chi connectivity index (χ4n) is 3.01. The average Bonchev–Trinajstić information content (AvgIpc) is 3.17. The molecule has 0 radical (unpaired) electrons. The van der Waals surface area contributed by atoms with Gasteiger partial charge in [-0.3, -0.25) is 4.31 Å². The number of rotatable bonds is 3. The Morgan fingerprint density at radius 1 is 0.784 bits per heavy atom. The average molecular weight is 529 g/mol. The van der Waals surface area contributed by atoms with Gasteiger partial charge in [-0.1, -0.05) is 86.9 Å². The zero-order valence-electron chi connectivity index (χ0n) is 26.3. The van der Waals surface area contributed by atoms with Gasteiger partial charge in [-0.15, -0.1) is 5.73 Å². The lowest BCUT2D eigenvalue weighted by molar-refractivity contribution is 0.00578. The minimum Gasteiger partial charge on any atom is -0.399 e. The number of aryl methyl sites for hydroxylation is 1. The molecule has 4 nitrogen and oxygen atoms in total. The highest BCUT2D eigenvalue weighted by atomic mass is 32.2. The lowest BCUT2D eigenvalue weighted by atomic mass is 9.76. The number of anilines is 1. The minimum absolute atomic E-state index is 0.377. The Hall–Kier alpha value is -1.98. The summed E-state index contributed by atoms with van der Waals surface area (Å²) >= 11 is 1.62. The van der Waals surface area contributed by atoms with Gasteiger partial charge >= 0.3 is 7.12 Å². The van der Waals surface area contributed by atoms with E-state index in [2.05, 4.69) is 69.6 Å². The van der Waals surface area contributed by atoms with Crippen molar-refractivity contribution in [3.63, 3.8) is 0 Å². The fourth-order valence-corrected chi connectivity index (χ4v) is 3.84. The molecule has 0 spiro atoms. The second-order valence-corrected chi connectivity index (χ2v) is 8.94. The van der Waals surface area contributed by atoms with Crippen LogP contribution in [0, 0.1) is 6.92 Å². The van der Waals surface area contributed by atoms with E-state index in [0.29, 0.717) is 0 Å². The van der Waals surface area contributed by atoms with E-state index in [0.717, 1.165) is 21.7 Å². The van der Waals surface area contributed by atoms with Crippen molar-refractivity contribution in [3.8, 4) is 0 Å². The van der Waals surface area contributed by atoms with Gasteiger partial charge in [-0.05, 0) is 76.3 Å². The normalized spacial score (nSPS) is 15.0. The fraction of sp³-hybridized carbons (Fsp3) is 0.548. The number of pyridine rings is 1. The number of nitrogens with zero attached hydrogens (tertiary/aromatic N) is 2. The molecule has 4 rings (SSSR count). The molecule has 1 aromatic heterocycles. The Morgan fingerprint density at radius 2 is 1.27 bits per heavy atom. The Balaban J connectivity index is 0. The number of hydrogen-bond donors (Lipinski definition) is 0. The Bertz CT molecular complexity index is 921. The second-order valence-electron chi connectivity index (χ2n) is 7.90. The van der Waals surface area contributed by atoms with E-state index < -0.39 is 7.12 Å². The molecule has 0 N–H and O–H groups in total. The van der Waals surface area contributed by atoms with Crippen molar-refractivity contribution in [3.05, 3.63) is 59.6 Å². The summed E-state index contributed by atoms with van der Waals surface area (Å²) in [5.41, 5.74) is 5.69. The van der Waals surface area contributed by atoms with Crippen LogP contribution in [0.25, 0.3) is 6.08 Å². The number of aromatic nitrogens is 1. The maximum atomic E-state index is 6.25. The molecule has 0 saturated carbocycles. The van der Waals surface area contributed by atoms with Crippen LogP contribution in [-0.2, 0) is 9.31 Å². The van der Waals surface area contributed by atoms with E-state index in [-0.39, 0.29) is 11.2 Å². The summed E-state index contributed by atoms with van der Waals surface area (Å²) in [5, 5.41) is 0. The van der Waals surface area contributed by atoms with Crippen molar-refractivity contribution < 1.29 is 9.31 Å². The summed E-state index contributed by atoms with van der Waals surface area (Å²) < 4.78 is 14.5. The Morgan fingerprint density at radius 3 is 1.76 bits per heavy atom. The lowest BCUT2D eigenvalue weighted by Crippen LogP contribution is -2.41. The van der Waals surface area contributed by atoms with E-state index in [1.165, 1.54) is 5.56 Å². The van der Waals surface area contributed by atoms with E-state index >= 15 is 0 Å². The molecule has 2 aliphatic heterocycles. The van der Waals surface area contributed by atoms with E-state index in [9.17, 15) is 0 Å². The van der Waals surface area contributed by atoms with Crippen LogP contribution in [0.5, 0.6) is 0 Å². The summed E-state index contributed by atoms with van der Waals surface area (Å²) in [4.78, 5) is 5.76. The first-order chi connectivity index (χ1) is 17.8. The van der Waals surface area contributed by atoms with Gasteiger partial charge in [0.1, 0.15) is 0 Å². The third-order valence-corrected chi connectivity index (χ3v) is 6.32. The maximum Gasteiger partial charge on any atom is 0.495 e. The highest BCUT2D eigenvalue weighted by molar-refractivity contribution is 8.00. The molecule has 2 aromatic rings. The molecule has 1 saturated heterocycles. The third kappa shape index (κ3) is 10.0. The summed E-state index contributed by atoms with van der Waals surface area (Å²) in [7, 11) is -0.422. The van der Waals surface area contributed by atoms with Crippen LogP contribution in [0.3, 0.4) is 0 Å². The molecule has 37 heavy (non-hydrogen) atoms. The molecular weight excluding hydrogens is 475 g/mol. The summed E-state index contributed by atoms with van der Waals surface area (Å²) in [6.07, 6.45) is 5.68. The molecule has 208 valence electrons. The van der Waals surface area contributed by atoms with Crippen molar-refractivity contribution in [2.24, 2.45) is 0 Å². The van der Waals surface area contributed by atoms with Crippen LogP contribution in [0.2, 0.25) is 0 Å². The van der Waals surface area contributed by atoms with Crippen molar-refractivity contribution in [2.75, 3.05) is 4.31 Å². The van der Waals surface area contributed by atoms with Crippen molar-refractivity contribution in [1.29, 1.82) is 0 Å². The summed E-state index contributed by atoms with van der Waals surface area (Å²) in [5.74, 6) is 0.867. The van der Waals surface area contributed by atoms with Crippen molar-refractivity contribution in [1.82, 2.24) is 4.98 Å². The molecule has 0 unspecified atom stereocenters. The van der Waals surface area contributed by atoms with Crippen LogP contribution < -0.4 is 9.77 Å². The van der Waals surface area contributed by atoms with Crippen LogP contribution in [0.1, 0.15) is 108 Å². The van der Waals surface area contributed by atoms with Gasteiger partial charge in [0.15, 0.2) is 5.82 Å². The second kappa shape index (κ2) is 19.1. The van der Waals surface area contributed by atoms with E-state index in [4.69, 9.17) is 9.31 Å². The van der Waals surface area contributed by atoms with Gasteiger partial charge in [0, 0.05) is 16.7 Å². The predicted octanol–water partition coefficient (Wildman–Crippen LogP) is 9.47. The number of fused-ring (bicyclic) bond motifs is 1. The molecule has 1 aromatic carbocycles. The SMILES string of the molecule is CC.CC.CC.CC.CC.Cc1ccc(SN2C=C=Cc3c(B4OC(C)(C)C(C)(C)O4)ccnc32)cc1. The maximum absolute atomic E-state index is 6.25. The van der Waals surface area contributed by atoms with Gasteiger partial charge in [0.25, 0.3) is 0 Å². The zero-order chi connectivity index (χ0) is 29.2. The summed E-state index contributed by atoms with van der Waals surface area (Å²) in [6.45, 7) is 30.4. The van der Waals surface area contributed by atoms with Crippen molar-refractivity contribution in [2.45, 2.75) is 120 Å². The van der Waals surface area contributed by atoms with Crippen LogP contribution in [0.4, 0.5) is 5.82 Å². The molecule has 0 amide bonds. The summed E-state index contributed by atoms with van der Waals surface area (Å²) in [6, 6.07) is 10.4. The molecule has 3 heterocycles. The standard InChI is InChI=1S/C21H23BN2O2S.5C2H6/c1-15-8-10-16(11-9-15)27-24-14-6-7-17-18(12-13-23-19(17)24)22-25-20(2,3)21(4,5)26-22;5*1-2/h7-14H,1-5H3;5*1-2H3.